The molecule has 0 atom stereocenters. The molecule has 0 aromatic heterocycles. The van der Waals surface area contributed by atoms with E-state index in [9.17, 15) is 61.3 Å². The van der Waals surface area contributed by atoms with Gasteiger partial charge in [-0.2, -0.15) is 31.0 Å². The number of thiocarbonyl (C=S) groups is 6. The van der Waals surface area contributed by atoms with Gasteiger partial charge in [0.05, 0.1) is 79.3 Å². The summed E-state index contributed by atoms with van der Waals surface area (Å²) in [5.74, 6) is 0. The number of nitrogens with zero attached hydrogens (tertiary/aromatic N) is 12. The van der Waals surface area contributed by atoms with E-state index in [1.807, 2.05) is 29.4 Å². The summed E-state index contributed by atoms with van der Waals surface area (Å²) in [6.07, 6.45) is 9.17. The third-order valence-electron chi connectivity index (χ3n) is 14.4. The van der Waals surface area contributed by atoms with Crippen LogP contribution in [0.3, 0.4) is 0 Å². The number of isothiocyanates is 6. The largest absolute Gasteiger partial charge is 4.00 e. The van der Waals surface area contributed by atoms with Crippen molar-refractivity contribution in [1.29, 1.82) is 0 Å². The van der Waals surface area contributed by atoms with Gasteiger partial charge in [-0.15, -0.1) is 79.3 Å². The van der Waals surface area contributed by atoms with Gasteiger partial charge >= 0.3 is 102 Å². The summed E-state index contributed by atoms with van der Waals surface area (Å²) in [5, 5.41) is 176. The number of ether oxygens (including phenoxy) is 12. The van der Waals surface area contributed by atoms with Crippen molar-refractivity contribution in [2.45, 2.75) is 149 Å². The summed E-state index contributed by atoms with van der Waals surface area (Å²) in [6.45, 7) is 16.5. The zero-order chi connectivity index (χ0) is 110. The second kappa shape index (κ2) is 180. The molecule has 0 N–H and O–H groups in total. The molecular formula is C74H122Cl24Fe6N12O24S6+6. The minimum atomic E-state index is -0.750. The zero-order valence-electron chi connectivity index (χ0n) is 78.1. The van der Waals surface area contributed by atoms with Crippen LogP contribution in [0.5, 0.6) is 0 Å². The first kappa shape index (κ1) is 200. The van der Waals surface area contributed by atoms with Crippen LogP contribution in [0.1, 0.15) is 77.0 Å². The summed E-state index contributed by atoms with van der Waals surface area (Å²) in [7, 11) is 0. The molecule has 6 rings (SSSR count). The molecule has 0 unspecified atom stereocenters. The number of hydrogen-bond acceptors (Lipinski definition) is 36. The number of hydrogen-bond donors (Lipinski definition) is 0. The molecule has 0 amide bonds. The van der Waals surface area contributed by atoms with Gasteiger partial charge in [0.2, 0.25) is 0 Å². The molecule has 146 heavy (non-hydrogen) atoms. The van der Waals surface area contributed by atoms with Gasteiger partial charge < -0.3 is 180 Å². The van der Waals surface area contributed by atoms with Gasteiger partial charge in [-0.3, -0.25) is 0 Å². The first-order valence-electron chi connectivity index (χ1n) is 40.7. The Kier molecular flexibility index (Phi) is 247. The molecule has 6 saturated heterocycles. The number of rotatable bonds is 42. The summed E-state index contributed by atoms with van der Waals surface area (Å²) in [6, 6.07) is 0. The fourth-order valence-electron chi connectivity index (χ4n) is 9.51. The van der Waals surface area contributed by atoms with Crippen molar-refractivity contribution < 1.29 is 221 Å². The summed E-state index contributed by atoms with van der Waals surface area (Å²) >= 11 is 138. The second-order valence-electron chi connectivity index (χ2n) is 23.9. The molecule has 0 aromatic carbocycles. The van der Waals surface area contributed by atoms with Gasteiger partial charge in [0.25, 0.3) is 0 Å². The fourth-order valence-corrected chi connectivity index (χ4v) is 9.51. The van der Waals surface area contributed by atoms with Crippen LogP contribution < -0.4 is 61.3 Å². The van der Waals surface area contributed by atoms with E-state index in [0.717, 1.165) is 156 Å². The van der Waals surface area contributed by atoms with Crippen LogP contribution >= 0.6 is 352 Å². The van der Waals surface area contributed by atoms with Gasteiger partial charge in [-0.05, 0) is 117 Å². The third-order valence-corrected chi connectivity index (χ3v) is 14.4. The van der Waals surface area contributed by atoms with Crippen LogP contribution in [0, 0.1) is 0 Å². The molecule has 0 aliphatic carbocycles. The number of halogens is 24. The Hall–Kier alpha value is 7.68. The Labute approximate surface area is 1080 Å². The first-order chi connectivity index (χ1) is 66.5. The molecule has 0 bridgehead atoms. The van der Waals surface area contributed by atoms with Gasteiger partial charge in [0.1, 0.15) is 0 Å². The molecule has 72 heteroatoms. The molecule has 868 valence electrons. The van der Waals surface area contributed by atoms with Crippen molar-refractivity contribution in [3.8, 4) is 0 Å². The normalized spacial score (nSPS) is 13.8. The van der Waals surface area contributed by atoms with Crippen molar-refractivity contribution in [2.24, 2.45) is 0 Å². The topological polar surface area (TPSA) is 541 Å². The van der Waals surface area contributed by atoms with Gasteiger partial charge in [-0.25, -0.2) is 0 Å². The van der Waals surface area contributed by atoms with Crippen molar-refractivity contribution in [3.63, 3.8) is 0 Å². The average molecular weight is 2940 g/mol. The Bertz CT molecular complexity index is 2080. The second-order valence-corrected chi connectivity index (χ2v) is 40.8. The summed E-state index contributed by atoms with van der Waals surface area (Å²) in [4.78, 5) is 11.3. The predicted molar refractivity (Wildman–Crippen MR) is 573 cm³/mol. The van der Waals surface area contributed by atoms with E-state index in [0.29, 0.717) is 118 Å². The van der Waals surface area contributed by atoms with Crippen LogP contribution in [0.15, 0.2) is 0 Å². The third kappa shape index (κ3) is 233. The van der Waals surface area contributed by atoms with Crippen molar-refractivity contribution >= 4 is 383 Å². The summed E-state index contributed by atoms with van der Waals surface area (Å²) < 4.78 is 58.6. The minimum absolute atomic E-state index is 0. The van der Waals surface area contributed by atoms with Crippen molar-refractivity contribution in [3.05, 3.63) is 32.5 Å². The van der Waals surface area contributed by atoms with E-state index in [4.69, 9.17) is 368 Å². The fraction of sp³-hybridized carbons (Fsp3) is 0.919. The number of alkyl halides is 24. The molecule has 0 spiro atoms. The van der Waals surface area contributed by atoms with E-state index in [-0.39, 0.29) is 219 Å². The zero-order valence-corrected chi connectivity index (χ0v) is 108. The maximum absolute atomic E-state index is 10.5. The molecule has 6 aliphatic rings. The predicted octanol–water partition coefficient (Wildman–Crippen LogP) is 8.80. The van der Waals surface area contributed by atoms with E-state index in [2.05, 4.69) is 73.3 Å². The van der Waals surface area contributed by atoms with E-state index >= 15 is 0 Å². The first-order valence-corrected chi connectivity index (χ1v) is 53.6. The van der Waals surface area contributed by atoms with Crippen LogP contribution in [0.25, 0.3) is 32.5 Å². The standard InChI is InChI=1S/6C10H19NO4.8CHCl3.6CNS.6Fe/c6*12-6-4-11(5-7-13)3-2-10-14-8-1-9-15-10;8*2-1(3)4;6*2-1-3;;;;;;/h6*10H,1-9H2;8*1H;;;;;;;;;;;;/q6*-2;;;;;;;;;6*-1;6*+4. The quantitative estimate of drug-likeness (QED) is 0.0238. The van der Waals surface area contributed by atoms with E-state index in [1.165, 1.54) is 31.0 Å². The minimum Gasteiger partial charge on any atom is -0.854 e. The molecule has 0 radical (unpaired) electrons. The van der Waals surface area contributed by atoms with Gasteiger partial charge in [0, 0.05) is 77.8 Å². The van der Waals surface area contributed by atoms with Crippen LogP contribution in [-0.2, 0) is 159 Å². The van der Waals surface area contributed by atoms with Crippen LogP contribution in [-0.4, -0.2) is 409 Å². The molecule has 0 saturated carbocycles. The van der Waals surface area contributed by atoms with Crippen molar-refractivity contribution in [2.75, 3.05) is 276 Å². The Balaban J connectivity index is -0.0000000658. The van der Waals surface area contributed by atoms with Crippen LogP contribution in [0.4, 0.5) is 0 Å². The smallest absolute Gasteiger partial charge is 0.854 e. The Morgan fingerprint density at radius 2 is 0.240 bits per heavy atom. The molecule has 6 fully saturated rings. The van der Waals surface area contributed by atoms with Gasteiger partial charge in [0.15, 0.2) is 72.1 Å². The van der Waals surface area contributed by atoms with Crippen LogP contribution in [0.2, 0.25) is 0 Å². The molecule has 0 aromatic rings. The average Bonchev–Trinajstić information content (AvgIpc) is 0.970. The van der Waals surface area contributed by atoms with Gasteiger partial charge in [-0.1, -0.05) is 352 Å². The maximum atomic E-state index is 10.5. The molecular weight excluding hydrogens is 2820 g/mol. The summed E-state index contributed by atoms with van der Waals surface area (Å²) in [5.41, 5.74) is 0. The monoisotopic (exact) mass is 2930 g/mol. The molecule has 36 nitrogen and oxygen atoms in total. The SMILES string of the molecule is ClC(Cl)Cl.ClC(Cl)Cl.ClC(Cl)Cl.ClC(Cl)Cl.ClC(Cl)Cl.ClC(Cl)Cl.ClC(Cl)Cl.ClC(Cl)Cl.[Fe+4].[Fe+4].[Fe+4].[Fe+4].[Fe+4].[Fe+4].[N-]=C=S.[N-]=C=S.[N-]=C=S.[N-]=C=S.[N-]=C=S.[N-]=C=S.[O-]CCN(CC[O-])CCC1OCCCO1.[O-]CCN(CC[O-])CCC1OCCCO1.[O-]CCN(CC[O-])CCC1OCCCO1.[O-]CCN(CC[O-])CCC1OCCCO1.[O-]CCN(CC[O-])CCC1OCCCO1.[O-]CCN(CC[O-])CCC1OCCCO1. The van der Waals surface area contributed by atoms with Crippen molar-refractivity contribution in [1.82, 2.24) is 29.4 Å². The maximum Gasteiger partial charge on any atom is 4.00 e. The Morgan fingerprint density at radius 3 is 0.295 bits per heavy atom. The van der Waals surface area contributed by atoms with E-state index < -0.39 is 34.4 Å². The van der Waals surface area contributed by atoms with E-state index in [1.54, 1.807) is 0 Å². The molecule has 6 aliphatic heterocycles. The molecule has 6 heterocycles. The Morgan fingerprint density at radius 1 is 0.178 bits per heavy atom.